The number of esters is 2. The van der Waals surface area contributed by atoms with E-state index in [1.807, 2.05) is 30.5 Å². The van der Waals surface area contributed by atoms with Gasteiger partial charge in [0.15, 0.2) is 18.5 Å². The Balaban J connectivity index is 1.71. The number of aromatic nitrogens is 1. The van der Waals surface area contributed by atoms with Gasteiger partial charge in [0, 0.05) is 31.9 Å². The van der Waals surface area contributed by atoms with Gasteiger partial charge in [-0.25, -0.2) is 4.79 Å². The van der Waals surface area contributed by atoms with Gasteiger partial charge in [-0.1, -0.05) is 18.2 Å². The van der Waals surface area contributed by atoms with Gasteiger partial charge >= 0.3 is 11.9 Å². The van der Waals surface area contributed by atoms with Gasteiger partial charge in [0.05, 0.1) is 25.1 Å². The zero-order valence-electron chi connectivity index (χ0n) is 16.9. The molecule has 4 rings (SSSR count). The highest BCUT2D eigenvalue weighted by Crippen LogP contribution is 2.42. The van der Waals surface area contributed by atoms with Crippen LogP contribution in [0.25, 0.3) is 10.9 Å². The van der Waals surface area contributed by atoms with Gasteiger partial charge in [0.1, 0.15) is 6.10 Å². The number of methoxy groups -OCH3 is 1. The Labute approximate surface area is 173 Å². The third kappa shape index (κ3) is 3.43. The van der Waals surface area contributed by atoms with Crippen LogP contribution in [0.5, 0.6) is 0 Å². The van der Waals surface area contributed by atoms with E-state index in [1.165, 1.54) is 14.0 Å². The molecular weight excluding hydrogens is 392 g/mol. The number of carbonyl (C=O) groups excluding carboxylic acids is 2. The Morgan fingerprint density at radius 3 is 2.80 bits per heavy atom. The van der Waals surface area contributed by atoms with Gasteiger partial charge in [0.2, 0.25) is 0 Å². The summed E-state index contributed by atoms with van der Waals surface area (Å²) < 4.78 is 30.1. The molecule has 0 N–H and O–H groups in total. The molecule has 0 bridgehead atoms. The Morgan fingerprint density at radius 1 is 1.33 bits per heavy atom. The number of fused-ring (bicyclic) bond motifs is 2. The van der Waals surface area contributed by atoms with Crippen LogP contribution in [0.4, 0.5) is 0 Å². The van der Waals surface area contributed by atoms with Crippen molar-refractivity contribution in [2.24, 2.45) is 0 Å². The monoisotopic (exact) mass is 414 g/mol. The number of hydrogen-bond donors (Lipinski definition) is 0. The van der Waals surface area contributed by atoms with Crippen molar-refractivity contribution in [3.8, 4) is 6.07 Å². The lowest BCUT2D eigenvalue weighted by Gasteiger charge is -2.34. The molecule has 0 spiro atoms. The first-order chi connectivity index (χ1) is 14.4. The largest absolute Gasteiger partial charge is 0.467 e. The van der Waals surface area contributed by atoms with E-state index in [0.717, 1.165) is 16.5 Å². The summed E-state index contributed by atoms with van der Waals surface area (Å²) in [6.45, 7) is 3.01. The van der Waals surface area contributed by atoms with Crippen LogP contribution in [0.3, 0.4) is 0 Å². The average molecular weight is 414 g/mol. The van der Waals surface area contributed by atoms with Crippen molar-refractivity contribution in [2.75, 3.05) is 7.11 Å². The third-order valence-corrected chi connectivity index (χ3v) is 5.35. The first kappa shape index (κ1) is 20.3. The lowest BCUT2D eigenvalue weighted by Crippen LogP contribution is -2.50. The summed E-state index contributed by atoms with van der Waals surface area (Å²) in [6.07, 6.45) is -1.23. The predicted octanol–water partition coefficient (Wildman–Crippen LogP) is 1.97. The average Bonchev–Trinajstić information content (AvgIpc) is 3.26. The number of rotatable bonds is 4. The van der Waals surface area contributed by atoms with Crippen molar-refractivity contribution in [3.63, 3.8) is 0 Å². The molecule has 9 nitrogen and oxygen atoms in total. The Morgan fingerprint density at radius 2 is 2.10 bits per heavy atom. The lowest BCUT2D eigenvalue weighted by atomic mass is 10.0. The van der Waals surface area contributed by atoms with Crippen molar-refractivity contribution < 1.29 is 33.3 Å². The number of hydrogen-bond acceptors (Lipinski definition) is 8. The van der Waals surface area contributed by atoms with Crippen LogP contribution in [0.1, 0.15) is 25.8 Å². The van der Waals surface area contributed by atoms with Gasteiger partial charge in [-0.15, -0.1) is 0 Å². The molecule has 158 valence electrons. The quantitative estimate of drug-likeness (QED) is 0.699. The summed E-state index contributed by atoms with van der Waals surface area (Å²) in [5.41, 5.74) is 1.65. The summed E-state index contributed by atoms with van der Waals surface area (Å²) >= 11 is 0. The minimum absolute atomic E-state index is 0.0962. The molecule has 1 aromatic carbocycles. The van der Waals surface area contributed by atoms with Gasteiger partial charge in [-0.3, -0.25) is 14.1 Å². The fourth-order valence-electron chi connectivity index (χ4n) is 4.07. The summed E-state index contributed by atoms with van der Waals surface area (Å²) in [4.78, 5) is 23.7. The number of nitriles is 1. The molecule has 0 aliphatic carbocycles. The van der Waals surface area contributed by atoms with Crippen LogP contribution < -0.4 is 0 Å². The van der Waals surface area contributed by atoms with E-state index < -0.39 is 42.5 Å². The second kappa shape index (κ2) is 7.72. The minimum Gasteiger partial charge on any atom is -0.467 e. The molecule has 30 heavy (non-hydrogen) atoms. The molecule has 0 saturated carbocycles. The fourth-order valence-corrected chi connectivity index (χ4v) is 4.07. The lowest BCUT2D eigenvalue weighted by molar-refractivity contribution is -0.256. The second-order valence-corrected chi connectivity index (χ2v) is 7.37. The van der Waals surface area contributed by atoms with E-state index in [9.17, 15) is 14.9 Å². The highest BCUT2D eigenvalue weighted by molar-refractivity contribution is 5.84. The maximum absolute atomic E-state index is 12.0. The van der Waals surface area contributed by atoms with Crippen molar-refractivity contribution in [2.45, 2.75) is 57.2 Å². The van der Waals surface area contributed by atoms with Crippen LogP contribution in [0.2, 0.25) is 0 Å². The molecule has 2 aliphatic heterocycles. The molecule has 0 radical (unpaired) electrons. The topological polar surface area (TPSA) is 109 Å². The van der Waals surface area contributed by atoms with Gasteiger partial charge < -0.3 is 18.9 Å². The first-order valence-electron chi connectivity index (χ1n) is 9.59. The highest BCUT2D eigenvalue weighted by atomic mass is 16.8. The van der Waals surface area contributed by atoms with Gasteiger partial charge in [-0.05, 0) is 11.6 Å². The van der Waals surface area contributed by atoms with Crippen LogP contribution >= 0.6 is 0 Å². The SMILES string of the molecule is COC(=O)[C@@H]1C[C@H](OC(C)=O)[C@@H]2O[C@@](C)(n3cc(CC#N)c4ccccc43)O[C@@H]2O1. The summed E-state index contributed by atoms with van der Waals surface area (Å²) in [5, 5.41) is 10.1. The fraction of sp³-hybridized carbons (Fsp3) is 0.476. The van der Waals surface area contributed by atoms with Crippen molar-refractivity contribution in [1.29, 1.82) is 5.26 Å². The van der Waals surface area contributed by atoms with E-state index in [0.29, 0.717) is 0 Å². The minimum atomic E-state index is -1.30. The zero-order chi connectivity index (χ0) is 21.5. The molecule has 1 aromatic heterocycles. The standard InChI is InChI=1S/C21H22N2O7/c1-12(24)27-16-10-17(19(25)26-3)28-20-18(16)29-21(2,30-20)23-11-13(8-9-22)14-6-4-5-7-15(14)23/h4-7,11,16-18,20H,8,10H2,1-3H3/t16-,17-,18-,20-,21+/m0/s1. The van der Waals surface area contributed by atoms with Crippen LogP contribution in [0, 0.1) is 11.3 Å². The Hall–Kier alpha value is -2.93. The van der Waals surface area contributed by atoms with Crippen LogP contribution in [-0.2, 0) is 45.6 Å². The first-order valence-corrected chi connectivity index (χ1v) is 9.59. The van der Waals surface area contributed by atoms with E-state index in [1.54, 1.807) is 11.5 Å². The molecule has 9 heteroatoms. The van der Waals surface area contributed by atoms with Gasteiger partial charge in [0.25, 0.3) is 5.91 Å². The third-order valence-electron chi connectivity index (χ3n) is 5.35. The van der Waals surface area contributed by atoms with Crippen molar-refractivity contribution in [1.82, 2.24) is 4.57 Å². The highest BCUT2D eigenvalue weighted by Gasteiger charge is 2.56. The van der Waals surface area contributed by atoms with Gasteiger partial charge in [-0.2, -0.15) is 5.26 Å². The number of nitrogens with zero attached hydrogens (tertiary/aromatic N) is 2. The van der Waals surface area contributed by atoms with E-state index in [2.05, 4.69) is 6.07 Å². The number of ether oxygens (including phenoxy) is 5. The smallest absolute Gasteiger partial charge is 0.335 e. The van der Waals surface area contributed by atoms with E-state index in [4.69, 9.17) is 23.7 Å². The number of benzene rings is 1. The Bertz CT molecular complexity index is 1030. The van der Waals surface area contributed by atoms with Crippen LogP contribution in [-0.4, -0.2) is 48.2 Å². The molecule has 0 unspecified atom stereocenters. The maximum Gasteiger partial charge on any atom is 0.335 e. The van der Waals surface area contributed by atoms with Crippen molar-refractivity contribution in [3.05, 3.63) is 36.0 Å². The summed E-state index contributed by atoms with van der Waals surface area (Å²) in [6, 6.07) is 9.77. The summed E-state index contributed by atoms with van der Waals surface area (Å²) in [7, 11) is 1.26. The zero-order valence-corrected chi connectivity index (χ0v) is 16.9. The molecule has 2 saturated heterocycles. The second-order valence-electron chi connectivity index (χ2n) is 7.37. The van der Waals surface area contributed by atoms with E-state index in [-0.39, 0.29) is 12.8 Å². The summed E-state index contributed by atoms with van der Waals surface area (Å²) in [5.74, 6) is -2.37. The molecule has 2 aromatic rings. The molecule has 0 amide bonds. The molecule has 5 atom stereocenters. The molecular formula is C21H22N2O7. The molecule has 2 fully saturated rings. The Kier molecular flexibility index (Phi) is 5.24. The normalized spacial score (nSPS) is 30.5. The van der Waals surface area contributed by atoms with Crippen molar-refractivity contribution >= 4 is 22.8 Å². The predicted molar refractivity (Wildman–Crippen MR) is 102 cm³/mol. The molecule has 3 heterocycles. The molecule has 2 aliphatic rings. The number of para-hydroxylation sites is 1. The van der Waals surface area contributed by atoms with Crippen LogP contribution in [0.15, 0.2) is 30.5 Å². The van der Waals surface area contributed by atoms with E-state index >= 15 is 0 Å². The maximum atomic E-state index is 12.0. The number of carbonyl (C=O) groups is 2.